The maximum atomic E-state index is 13.0. The highest BCUT2D eigenvalue weighted by molar-refractivity contribution is 5.94. The fourth-order valence-corrected chi connectivity index (χ4v) is 4.21. The van der Waals surface area contributed by atoms with E-state index in [-0.39, 0.29) is 18.4 Å². The first kappa shape index (κ1) is 23.4. The molecule has 0 radical (unpaired) electrons. The van der Waals surface area contributed by atoms with Crippen LogP contribution in [0, 0.1) is 6.92 Å². The van der Waals surface area contributed by atoms with Crippen LogP contribution in [0.2, 0.25) is 0 Å². The topological polar surface area (TPSA) is 94.5 Å². The summed E-state index contributed by atoms with van der Waals surface area (Å²) in [6.07, 6.45) is 1.32. The smallest absolute Gasteiger partial charge is 0.251 e. The molecule has 3 aromatic carbocycles. The van der Waals surface area contributed by atoms with E-state index in [4.69, 9.17) is 14.5 Å². The third-order valence-corrected chi connectivity index (χ3v) is 6.04. The van der Waals surface area contributed by atoms with E-state index in [0.29, 0.717) is 55.4 Å². The van der Waals surface area contributed by atoms with Gasteiger partial charge in [0.05, 0.1) is 11.0 Å². The number of anilines is 1. The number of para-hydroxylation sites is 2. The van der Waals surface area contributed by atoms with Gasteiger partial charge in [-0.05, 0) is 49.7 Å². The van der Waals surface area contributed by atoms with Gasteiger partial charge in [0, 0.05) is 30.3 Å². The van der Waals surface area contributed by atoms with Crippen LogP contribution in [-0.4, -0.2) is 41.1 Å². The minimum Gasteiger partial charge on any atom is -0.486 e. The number of aryl methyl sites for hydroxylation is 2. The molecule has 8 heteroatoms. The van der Waals surface area contributed by atoms with Gasteiger partial charge in [-0.25, -0.2) is 4.98 Å². The van der Waals surface area contributed by atoms with Gasteiger partial charge >= 0.3 is 0 Å². The molecular formula is C28H28N4O4. The highest BCUT2D eigenvalue weighted by Gasteiger charge is 2.16. The number of hydrogen-bond acceptors (Lipinski definition) is 5. The Bertz CT molecular complexity index is 1390. The lowest BCUT2D eigenvalue weighted by atomic mass is 10.1. The van der Waals surface area contributed by atoms with Crippen molar-refractivity contribution in [2.24, 2.45) is 0 Å². The zero-order chi connectivity index (χ0) is 24.9. The Morgan fingerprint density at radius 1 is 0.972 bits per heavy atom. The second kappa shape index (κ2) is 10.5. The molecule has 2 amide bonds. The number of rotatable bonds is 8. The molecule has 1 aromatic heterocycles. The summed E-state index contributed by atoms with van der Waals surface area (Å²) in [6.45, 7) is 3.63. The molecule has 0 saturated heterocycles. The van der Waals surface area contributed by atoms with Gasteiger partial charge < -0.3 is 24.7 Å². The van der Waals surface area contributed by atoms with E-state index in [1.807, 2.05) is 60.0 Å². The van der Waals surface area contributed by atoms with E-state index in [0.717, 1.165) is 22.4 Å². The van der Waals surface area contributed by atoms with E-state index in [1.165, 1.54) is 0 Å². The zero-order valence-corrected chi connectivity index (χ0v) is 20.1. The molecule has 0 fully saturated rings. The summed E-state index contributed by atoms with van der Waals surface area (Å²) in [4.78, 5) is 30.1. The van der Waals surface area contributed by atoms with E-state index < -0.39 is 0 Å². The number of hydrogen-bond donors (Lipinski definition) is 2. The molecule has 8 nitrogen and oxygen atoms in total. The number of benzene rings is 3. The van der Waals surface area contributed by atoms with Crippen LogP contribution < -0.4 is 20.1 Å². The number of nitrogens with zero attached hydrogens (tertiary/aromatic N) is 2. The summed E-state index contributed by atoms with van der Waals surface area (Å²) in [6, 6.07) is 20.6. The van der Waals surface area contributed by atoms with Crippen molar-refractivity contribution in [3.8, 4) is 11.5 Å². The highest BCUT2D eigenvalue weighted by atomic mass is 16.6. The Morgan fingerprint density at radius 3 is 2.58 bits per heavy atom. The summed E-state index contributed by atoms with van der Waals surface area (Å²) >= 11 is 0. The van der Waals surface area contributed by atoms with Crippen LogP contribution in [0.3, 0.4) is 0 Å². The molecule has 2 heterocycles. The number of amides is 2. The fourth-order valence-electron chi connectivity index (χ4n) is 4.21. The first-order valence-corrected chi connectivity index (χ1v) is 12.1. The van der Waals surface area contributed by atoms with E-state index >= 15 is 0 Å². The average molecular weight is 485 g/mol. The molecule has 2 N–H and O–H groups in total. The number of imidazole rings is 1. The fraction of sp³-hybridized carbons (Fsp3) is 0.250. The van der Waals surface area contributed by atoms with E-state index in [2.05, 4.69) is 10.6 Å². The van der Waals surface area contributed by atoms with Crippen LogP contribution in [0.1, 0.15) is 28.2 Å². The minimum absolute atomic E-state index is 0.0951. The van der Waals surface area contributed by atoms with Crippen LogP contribution in [0.5, 0.6) is 11.5 Å². The Labute approximate surface area is 209 Å². The van der Waals surface area contributed by atoms with Gasteiger partial charge in [0.25, 0.3) is 5.91 Å². The third-order valence-electron chi connectivity index (χ3n) is 6.04. The number of nitrogens with one attached hydrogen (secondary N) is 2. The quantitative estimate of drug-likeness (QED) is 0.367. The number of carbonyl (C=O) groups is 2. The largest absolute Gasteiger partial charge is 0.486 e. The second-order valence-electron chi connectivity index (χ2n) is 8.73. The summed E-state index contributed by atoms with van der Waals surface area (Å²) in [5.74, 6) is 1.85. The van der Waals surface area contributed by atoms with Crippen molar-refractivity contribution in [2.75, 3.05) is 25.1 Å². The maximum Gasteiger partial charge on any atom is 0.251 e. The Balaban J connectivity index is 1.23. The monoisotopic (exact) mass is 484 g/mol. The van der Waals surface area contributed by atoms with Gasteiger partial charge in [-0.2, -0.15) is 0 Å². The van der Waals surface area contributed by atoms with Crippen LogP contribution in [-0.2, 0) is 17.8 Å². The molecule has 184 valence electrons. The molecule has 0 bridgehead atoms. The molecule has 0 spiro atoms. The number of ether oxygens (including phenoxy) is 2. The van der Waals surface area contributed by atoms with Crippen molar-refractivity contribution < 1.29 is 19.1 Å². The molecule has 0 aliphatic carbocycles. The summed E-state index contributed by atoms with van der Waals surface area (Å²) < 4.78 is 13.1. The third kappa shape index (κ3) is 5.33. The van der Waals surface area contributed by atoms with Crippen LogP contribution in [0.4, 0.5) is 5.69 Å². The SMILES string of the molecule is Cc1ccc(C(=O)NCCCc2nc3ccccc3n2CC(=O)Nc2ccc3c(c2)OCCO3)cc1. The maximum absolute atomic E-state index is 13.0. The Hall–Kier alpha value is -4.33. The van der Waals surface area contributed by atoms with Crippen LogP contribution in [0.15, 0.2) is 66.7 Å². The van der Waals surface area contributed by atoms with Gasteiger partial charge in [0.15, 0.2) is 11.5 Å². The zero-order valence-electron chi connectivity index (χ0n) is 20.1. The molecule has 0 atom stereocenters. The number of carbonyl (C=O) groups excluding carboxylic acids is 2. The molecule has 0 unspecified atom stereocenters. The van der Waals surface area contributed by atoms with Crippen LogP contribution >= 0.6 is 0 Å². The van der Waals surface area contributed by atoms with Crippen molar-refractivity contribution in [3.05, 3.63) is 83.7 Å². The summed E-state index contributed by atoms with van der Waals surface area (Å²) in [5, 5.41) is 5.91. The summed E-state index contributed by atoms with van der Waals surface area (Å²) in [7, 11) is 0. The van der Waals surface area contributed by atoms with Crippen molar-refractivity contribution in [3.63, 3.8) is 0 Å². The number of aromatic nitrogens is 2. The van der Waals surface area contributed by atoms with E-state index in [9.17, 15) is 9.59 Å². The summed E-state index contributed by atoms with van der Waals surface area (Å²) in [5.41, 5.74) is 4.14. The highest BCUT2D eigenvalue weighted by Crippen LogP contribution is 2.32. The first-order chi connectivity index (χ1) is 17.6. The van der Waals surface area contributed by atoms with E-state index in [1.54, 1.807) is 18.2 Å². The second-order valence-corrected chi connectivity index (χ2v) is 8.73. The molecule has 0 saturated carbocycles. The lowest BCUT2D eigenvalue weighted by Gasteiger charge is -2.19. The van der Waals surface area contributed by atoms with Gasteiger partial charge in [0.2, 0.25) is 5.91 Å². The molecule has 4 aromatic rings. The lowest BCUT2D eigenvalue weighted by Crippen LogP contribution is -2.25. The number of fused-ring (bicyclic) bond motifs is 2. The molecule has 5 rings (SSSR count). The van der Waals surface area contributed by atoms with Gasteiger partial charge in [-0.15, -0.1) is 0 Å². The van der Waals surface area contributed by atoms with Crippen molar-refractivity contribution in [1.29, 1.82) is 0 Å². The minimum atomic E-state index is -0.163. The van der Waals surface area contributed by atoms with Gasteiger partial charge in [-0.3, -0.25) is 9.59 Å². The van der Waals surface area contributed by atoms with Crippen LogP contribution in [0.25, 0.3) is 11.0 Å². The van der Waals surface area contributed by atoms with Gasteiger partial charge in [0.1, 0.15) is 25.6 Å². The standard InChI is InChI=1S/C28H28N4O4/c1-19-8-10-20(11-9-19)28(34)29-14-4-7-26-31-22-5-2-3-6-23(22)32(26)18-27(33)30-21-12-13-24-25(17-21)36-16-15-35-24/h2-3,5-6,8-13,17H,4,7,14-16,18H2,1H3,(H,29,34)(H,30,33). The molecule has 1 aliphatic heterocycles. The van der Waals surface area contributed by atoms with Crippen molar-refractivity contribution in [1.82, 2.24) is 14.9 Å². The Morgan fingerprint density at radius 2 is 1.75 bits per heavy atom. The lowest BCUT2D eigenvalue weighted by molar-refractivity contribution is -0.116. The van der Waals surface area contributed by atoms with Gasteiger partial charge in [-0.1, -0.05) is 29.8 Å². The predicted octanol–water partition coefficient (Wildman–Crippen LogP) is 4.12. The Kier molecular flexibility index (Phi) is 6.84. The molecular weight excluding hydrogens is 456 g/mol. The van der Waals surface area contributed by atoms with Crippen molar-refractivity contribution in [2.45, 2.75) is 26.3 Å². The van der Waals surface area contributed by atoms with Crippen molar-refractivity contribution >= 4 is 28.5 Å². The first-order valence-electron chi connectivity index (χ1n) is 12.1. The molecule has 36 heavy (non-hydrogen) atoms. The molecule has 1 aliphatic rings. The average Bonchev–Trinajstić information content (AvgIpc) is 3.23. The normalized spacial score (nSPS) is 12.4. The predicted molar refractivity (Wildman–Crippen MR) is 138 cm³/mol.